The number of carbonyl (C=O) groups is 2. The molecule has 0 bridgehead atoms. The fourth-order valence-corrected chi connectivity index (χ4v) is 3.68. The Balaban J connectivity index is 1.48. The molecule has 4 nitrogen and oxygen atoms in total. The Hall–Kier alpha value is -3.34. The van der Waals surface area contributed by atoms with Crippen LogP contribution < -0.4 is 9.47 Å². The van der Waals surface area contributed by atoms with Crippen molar-refractivity contribution in [2.75, 3.05) is 13.2 Å². The van der Waals surface area contributed by atoms with Gasteiger partial charge in [-0.25, -0.2) is 0 Å². The Morgan fingerprint density at radius 1 is 0.656 bits per heavy atom. The lowest BCUT2D eigenvalue weighted by molar-refractivity contribution is 0.107. The Bertz CT molecular complexity index is 1260. The van der Waals surface area contributed by atoms with Gasteiger partial charge in [0.2, 0.25) is 0 Å². The molecule has 0 unspecified atom stereocenters. The van der Waals surface area contributed by atoms with E-state index >= 15 is 0 Å². The summed E-state index contributed by atoms with van der Waals surface area (Å²) in [5.74, 6) is 0.736. The van der Waals surface area contributed by atoms with Crippen molar-refractivity contribution in [2.24, 2.45) is 0 Å². The molecule has 0 saturated carbocycles. The van der Waals surface area contributed by atoms with Gasteiger partial charge in [-0.3, -0.25) is 9.59 Å². The smallest absolute Gasteiger partial charge is 0.256 e. The van der Waals surface area contributed by atoms with Gasteiger partial charge in [0.05, 0.1) is 11.1 Å². The maximum Gasteiger partial charge on any atom is 0.256 e. The van der Waals surface area contributed by atoms with Crippen molar-refractivity contribution in [3.63, 3.8) is 0 Å². The largest absolute Gasteiger partial charge is 0.488 e. The second-order valence-corrected chi connectivity index (χ2v) is 7.95. The van der Waals surface area contributed by atoms with Crippen LogP contribution in [0.25, 0.3) is 21.5 Å². The van der Waals surface area contributed by atoms with Gasteiger partial charge in [0.25, 0.3) is 10.5 Å². The average molecular weight is 465 g/mol. The predicted octanol–water partition coefficient (Wildman–Crippen LogP) is 6.77. The molecule has 0 amide bonds. The summed E-state index contributed by atoms with van der Waals surface area (Å²) in [6, 6.07) is 22.2. The van der Waals surface area contributed by atoms with Gasteiger partial charge >= 0.3 is 0 Å². The minimum Gasteiger partial charge on any atom is -0.488 e. The predicted molar refractivity (Wildman–Crippen MR) is 128 cm³/mol. The Morgan fingerprint density at radius 3 is 1.34 bits per heavy atom. The third kappa shape index (κ3) is 4.77. The van der Waals surface area contributed by atoms with E-state index in [9.17, 15) is 9.59 Å². The van der Waals surface area contributed by atoms with Crippen LogP contribution in [0.4, 0.5) is 0 Å². The molecular formula is C26H18Cl2O4. The Kier molecular flexibility index (Phi) is 6.45. The van der Waals surface area contributed by atoms with Crippen LogP contribution in [0.5, 0.6) is 11.5 Å². The summed E-state index contributed by atoms with van der Waals surface area (Å²) >= 11 is 11.5. The number of halogens is 2. The van der Waals surface area contributed by atoms with Crippen LogP contribution in [-0.2, 0) is 0 Å². The number of hydrogen-bond acceptors (Lipinski definition) is 4. The molecule has 4 aromatic carbocycles. The molecule has 0 atom stereocenters. The first-order valence-corrected chi connectivity index (χ1v) is 10.6. The number of benzene rings is 4. The van der Waals surface area contributed by atoms with E-state index in [0.29, 0.717) is 17.1 Å². The Labute approximate surface area is 195 Å². The highest BCUT2D eigenvalue weighted by atomic mass is 35.5. The molecule has 4 aromatic rings. The van der Waals surface area contributed by atoms with E-state index in [1.807, 2.05) is 48.5 Å². The molecule has 0 aromatic heterocycles. The normalized spacial score (nSPS) is 10.8. The van der Waals surface area contributed by atoms with E-state index in [2.05, 4.69) is 6.58 Å². The van der Waals surface area contributed by atoms with Crippen LogP contribution in [0.15, 0.2) is 84.9 Å². The molecule has 0 aliphatic rings. The standard InChI is InChI=1S/C26H18Cl2O4/c1-16(14-31-23-12-19-8-4-2-6-17(19)10-21(23)25(27)29)15-32-24-13-20-9-5-3-7-18(20)11-22(24)26(28)30/h2-13H,1,14-15H2. The topological polar surface area (TPSA) is 52.6 Å². The summed E-state index contributed by atoms with van der Waals surface area (Å²) in [4.78, 5) is 23.7. The molecule has 4 rings (SSSR count). The van der Waals surface area contributed by atoms with Gasteiger partial charge in [-0.2, -0.15) is 0 Å². The van der Waals surface area contributed by atoms with Crippen LogP contribution in [0.1, 0.15) is 20.7 Å². The van der Waals surface area contributed by atoms with Crippen molar-refractivity contribution in [3.05, 3.63) is 96.1 Å². The lowest BCUT2D eigenvalue weighted by Gasteiger charge is -2.14. The van der Waals surface area contributed by atoms with Crippen molar-refractivity contribution >= 4 is 55.2 Å². The van der Waals surface area contributed by atoms with Crippen molar-refractivity contribution in [3.8, 4) is 11.5 Å². The van der Waals surface area contributed by atoms with Gasteiger partial charge in [-0.1, -0.05) is 55.1 Å². The summed E-state index contributed by atoms with van der Waals surface area (Å²) in [5, 5.41) is 2.42. The zero-order valence-electron chi connectivity index (χ0n) is 16.9. The van der Waals surface area contributed by atoms with Crippen molar-refractivity contribution in [1.29, 1.82) is 0 Å². The third-order valence-corrected chi connectivity index (χ3v) is 5.39. The first-order valence-electron chi connectivity index (χ1n) is 9.80. The highest BCUT2D eigenvalue weighted by molar-refractivity contribution is 6.68. The fourth-order valence-electron chi connectivity index (χ4n) is 3.39. The van der Waals surface area contributed by atoms with Crippen LogP contribution >= 0.6 is 23.2 Å². The summed E-state index contributed by atoms with van der Waals surface area (Å²) in [5.41, 5.74) is 1.17. The maximum atomic E-state index is 11.9. The highest BCUT2D eigenvalue weighted by Crippen LogP contribution is 2.29. The highest BCUT2D eigenvalue weighted by Gasteiger charge is 2.15. The molecule has 0 saturated heterocycles. The van der Waals surface area contributed by atoms with Crippen molar-refractivity contribution < 1.29 is 19.1 Å². The first kappa shape index (κ1) is 21.9. The molecule has 160 valence electrons. The van der Waals surface area contributed by atoms with Gasteiger partial charge in [-0.05, 0) is 74.6 Å². The van der Waals surface area contributed by atoms with Gasteiger partial charge in [0, 0.05) is 0 Å². The maximum absolute atomic E-state index is 11.9. The summed E-state index contributed by atoms with van der Waals surface area (Å²) < 4.78 is 11.7. The minimum atomic E-state index is -0.603. The summed E-state index contributed by atoms with van der Waals surface area (Å²) in [7, 11) is 0. The molecule has 0 aliphatic carbocycles. The van der Waals surface area contributed by atoms with E-state index in [0.717, 1.165) is 21.5 Å². The fraction of sp³-hybridized carbons (Fsp3) is 0.0769. The van der Waals surface area contributed by atoms with Crippen LogP contribution in [0.3, 0.4) is 0 Å². The Morgan fingerprint density at radius 2 is 1.00 bits per heavy atom. The van der Waals surface area contributed by atoms with Crippen LogP contribution in [0, 0.1) is 0 Å². The zero-order valence-corrected chi connectivity index (χ0v) is 18.5. The van der Waals surface area contributed by atoms with Crippen molar-refractivity contribution in [2.45, 2.75) is 0 Å². The van der Waals surface area contributed by atoms with E-state index in [-0.39, 0.29) is 24.3 Å². The molecule has 0 N–H and O–H groups in total. The zero-order chi connectivity index (χ0) is 22.7. The lowest BCUT2D eigenvalue weighted by atomic mass is 10.1. The summed E-state index contributed by atoms with van der Waals surface area (Å²) in [6.45, 7) is 4.18. The first-order chi connectivity index (χ1) is 15.4. The van der Waals surface area contributed by atoms with E-state index in [1.165, 1.54) is 0 Å². The monoisotopic (exact) mass is 464 g/mol. The van der Waals surface area contributed by atoms with Crippen LogP contribution in [0.2, 0.25) is 0 Å². The van der Waals surface area contributed by atoms with E-state index < -0.39 is 10.5 Å². The molecule has 0 aliphatic heterocycles. The van der Waals surface area contributed by atoms with E-state index in [1.54, 1.807) is 24.3 Å². The SMILES string of the molecule is C=C(COc1cc2ccccc2cc1C(=O)Cl)COc1cc2ccccc2cc1C(=O)Cl. The number of carbonyl (C=O) groups excluding carboxylic acids is 2. The molecule has 0 spiro atoms. The molecular weight excluding hydrogens is 447 g/mol. The third-order valence-electron chi connectivity index (χ3n) is 4.98. The van der Waals surface area contributed by atoms with Gasteiger partial charge in [0.15, 0.2) is 0 Å². The summed E-state index contributed by atoms with van der Waals surface area (Å²) in [6.07, 6.45) is 0. The number of rotatable bonds is 8. The number of fused-ring (bicyclic) bond motifs is 2. The second-order valence-electron chi connectivity index (χ2n) is 7.27. The molecule has 0 radical (unpaired) electrons. The van der Waals surface area contributed by atoms with Gasteiger partial charge < -0.3 is 9.47 Å². The molecule has 6 heteroatoms. The minimum absolute atomic E-state index is 0.104. The van der Waals surface area contributed by atoms with Crippen molar-refractivity contribution in [1.82, 2.24) is 0 Å². The second kappa shape index (κ2) is 9.43. The lowest BCUT2D eigenvalue weighted by Crippen LogP contribution is -2.11. The van der Waals surface area contributed by atoms with Crippen LogP contribution in [-0.4, -0.2) is 23.7 Å². The van der Waals surface area contributed by atoms with Gasteiger partial charge in [0.1, 0.15) is 24.7 Å². The number of hydrogen-bond donors (Lipinski definition) is 0. The average Bonchev–Trinajstić information content (AvgIpc) is 2.79. The van der Waals surface area contributed by atoms with E-state index in [4.69, 9.17) is 32.7 Å². The molecule has 0 fully saturated rings. The number of ether oxygens (including phenoxy) is 2. The molecule has 32 heavy (non-hydrogen) atoms. The van der Waals surface area contributed by atoms with Gasteiger partial charge in [-0.15, -0.1) is 0 Å². The molecule has 0 heterocycles. The quantitative estimate of drug-likeness (QED) is 0.213.